The number of carbonyl (C=O) groups is 1. The number of rotatable bonds is 2. The van der Waals surface area contributed by atoms with Gasteiger partial charge in [0.05, 0.1) is 11.2 Å². The van der Waals surface area contributed by atoms with Crippen molar-refractivity contribution in [2.45, 2.75) is 95.3 Å². The first-order valence-corrected chi connectivity index (χ1v) is 10.9. The molecule has 4 heterocycles. The highest BCUT2D eigenvalue weighted by Crippen LogP contribution is 2.42. The predicted molar refractivity (Wildman–Crippen MR) is 107 cm³/mol. The zero-order chi connectivity index (χ0) is 19.2. The maximum absolute atomic E-state index is 12.9. The number of likely N-dealkylation sites (tertiary alicyclic amines) is 1. The summed E-state index contributed by atoms with van der Waals surface area (Å²) < 4.78 is 12.4. The van der Waals surface area contributed by atoms with E-state index < -0.39 is 0 Å². The Morgan fingerprint density at radius 1 is 0.963 bits per heavy atom. The number of fused-ring (bicyclic) bond motifs is 1. The predicted octanol–water partition coefficient (Wildman–Crippen LogP) is 2.88. The lowest BCUT2D eigenvalue weighted by atomic mass is 9.71. The van der Waals surface area contributed by atoms with Crippen molar-refractivity contribution in [3.63, 3.8) is 0 Å². The number of amides is 2. The second-order valence-corrected chi connectivity index (χ2v) is 9.92. The van der Waals surface area contributed by atoms with Crippen molar-refractivity contribution < 1.29 is 14.1 Å². The highest BCUT2D eigenvalue weighted by molar-refractivity contribution is 6.47. The van der Waals surface area contributed by atoms with E-state index in [9.17, 15) is 4.79 Å². The van der Waals surface area contributed by atoms with Gasteiger partial charge in [-0.3, -0.25) is 4.90 Å². The van der Waals surface area contributed by atoms with E-state index in [1.807, 2.05) is 4.90 Å². The van der Waals surface area contributed by atoms with Crippen LogP contribution in [0.3, 0.4) is 0 Å². The Balaban J connectivity index is 1.32. The topological polar surface area (TPSA) is 54.0 Å². The van der Waals surface area contributed by atoms with Gasteiger partial charge in [-0.15, -0.1) is 0 Å². The first-order valence-electron chi connectivity index (χ1n) is 10.9. The van der Waals surface area contributed by atoms with Gasteiger partial charge in [0.25, 0.3) is 0 Å². The van der Waals surface area contributed by atoms with Gasteiger partial charge < -0.3 is 19.5 Å². The maximum Gasteiger partial charge on any atom is 0.463 e. The summed E-state index contributed by atoms with van der Waals surface area (Å²) in [5.41, 5.74) is -0.611. The third-order valence-corrected chi connectivity index (χ3v) is 7.57. The SMILES string of the molecule is CC1(C)OB(C2CCN(C(=O)NC3CCCN4CCCCC34)C2)OC1(C)C. The number of nitrogens with one attached hydrogen (secondary N) is 1. The second kappa shape index (κ2) is 7.23. The van der Waals surface area contributed by atoms with Gasteiger partial charge in [-0.25, -0.2) is 4.79 Å². The van der Waals surface area contributed by atoms with Crippen molar-refractivity contribution in [2.75, 3.05) is 26.2 Å². The van der Waals surface area contributed by atoms with Crippen LogP contribution in [0.5, 0.6) is 0 Å². The average Bonchev–Trinajstić information content (AvgIpc) is 3.18. The van der Waals surface area contributed by atoms with E-state index in [2.05, 4.69) is 37.9 Å². The molecule has 4 aliphatic rings. The van der Waals surface area contributed by atoms with E-state index >= 15 is 0 Å². The molecule has 3 unspecified atom stereocenters. The van der Waals surface area contributed by atoms with Gasteiger partial charge in [0.2, 0.25) is 0 Å². The molecule has 0 radical (unpaired) electrons. The van der Waals surface area contributed by atoms with E-state index in [0.717, 1.165) is 25.9 Å². The first kappa shape index (κ1) is 19.5. The zero-order valence-corrected chi connectivity index (χ0v) is 17.5. The molecule has 0 bridgehead atoms. The lowest BCUT2D eigenvalue weighted by molar-refractivity contribution is 0.00578. The summed E-state index contributed by atoms with van der Waals surface area (Å²) in [6.45, 7) is 12.3. The molecule has 4 aliphatic heterocycles. The van der Waals surface area contributed by atoms with Crippen LogP contribution in [-0.4, -0.2) is 72.4 Å². The van der Waals surface area contributed by atoms with E-state index in [-0.39, 0.29) is 30.2 Å². The van der Waals surface area contributed by atoms with Crippen LogP contribution >= 0.6 is 0 Å². The standard InChI is InChI=1S/C20H36BN3O3/c1-19(2)20(3,4)27-21(26-19)15-10-13-24(14-15)18(25)22-16-8-7-12-23-11-6-5-9-17(16)23/h15-17H,5-14H2,1-4H3,(H,22,25). The Bertz CT molecular complexity index is 553. The summed E-state index contributed by atoms with van der Waals surface area (Å²) in [7, 11) is -0.212. The van der Waals surface area contributed by atoms with Gasteiger partial charge in [0.1, 0.15) is 0 Å². The van der Waals surface area contributed by atoms with Gasteiger partial charge in [0, 0.05) is 31.0 Å². The summed E-state index contributed by atoms with van der Waals surface area (Å²) in [6, 6.07) is 0.951. The van der Waals surface area contributed by atoms with Crippen LogP contribution in [0.2, 0.25) is 5.82 Å². The molecule has 0 aromatic carbocycles. The van der Waals surface area contributed by atoms with Gasteiger partial charge in [0.15, 0.2) is 0 Å². The summed E-state index contributed by atoms with van der Waals surface area (Å²) in [5.74, 6) is 0.259. The molecule has 7 heteroatoms. The largest absolute Gasteiger partial charge is 0.463 e. The third kappa shape index (κ3) is 3.75. The van der Waals surface area contributed by atoms with E-state index in [0.29, 0.717) is 12.1 Å². The molecule has 4 rings (SSSR count). The van der Waals surface area contributed by atoms with Crippen molar-refractivity contribution in [3.05, 3.63) is 0 Å². The van der Waals surface area contributed by atoms with Crippen LogP contribution in [-0.2, 0) is 9.31 Å². The molecule has 0 aromatic rings. The normalized spacial score (nSPS) is 35.9. The number of hydrogen-bond acceptors (Lipinski definition) is 4. The summed E-state index contributed by atoms with van der Waals surface area (Å²) >= 11 is 0. The number of carbonyl (C=O) groups excluding carboxylic acids is 1. The number of nitrogens with zero attached hydrogens (tertiary/aromatic N) is 2. The lowest BCUT2D eigenvalue weighted by Gasteiger charge is -2.44. The monoisotopic (exact) mass is 377 g/mol. The van der Waals surface area contributed by atoms with Crippen molar-refractivity contribution in [2.24, 2.45) is 0 Å². The second-order valence-electron chi connectivity index (χ2n) is 9.92. The summed E-state index contributed by atoms with van der Waals surface area (Å²) in [6.07, 6.45) is 7.08. The highest BCUT2D eigenvalue weighted by atomic mass is 16.7. The Morgan fingerprint density at radius 2 is 1.67 bits per heavy atom. The Kier molecular flexibility index (Phi) is 5.23. The number of hydrogen-bond donors (Lipinski definition) is 1. The zero-order valence-electron chi connectivity index (χ0n) is 17.5. The molecule has 0 aromatic heterocycles. The van der Waals surface area contributed by atoms with Crippen molar-refractivity contribution in [1.29, 1.82) is 0 Å². The molecular weight excluding hydrogens is 341 g/mol. The lowest BCUT2D eigenvalue weighted by Crippen LogP contribution is -2.58. The summed E-state index contributed by atoms with van der Waals surface area (Å²) in [5, 5.41) is 3.37. The molecule has 27 heavy (non-hydrogen) atoms. The molecule has 4 fully saturated rings. The first-order chi connectivity index (χ1) is 12.8. The van der Waals surface area contributed by atoms with Crippen molar-refractivity contribution >= 4 is 13.1 Å². The fourth-order valence-electron chi connectivity index (χ4n) is 5.15. The highest BCUT2D eigenvalue weighted by Gasteiger charge is 2.54. The molecule has 2 amide bonds. The van der Waals surface area contributed by atoms with Crippen LogP contribution in [0.25, 0.3) is 0 Å². The minimum atomic E-state index is -0.306. The fraction of sp³-hybridized carbons (Fsp3) is 0.950. The van der Waals surface area contributed by atoms with E-state index in [4.69, 9.17) is 9.31 Å². The molecule has 0 spiro atoms. The minimum Gasteiger partial charge on any atom is -0.403 e. The van der Waals surface area contributed by atoms with Crippen molar-refractivity contribution in [3.8, 4) is 0 Å². The molecule has 1 N–H and O–H groups in total. The smallest absolute Gasteiger partial charge is 0.403 e. The third-order valence-electron chi connectivity index (χ3n) is 7.57. The Hall–Kier alpha value is -0.785. The fourth-order valence-corrected chi connectivity index (χ4v) is 5.15. The van der Waals surface area contributed by atoms with Gasteiger partial charge in [-0.05, 0) is 72.9 Å². The van der Waals surface area contributed by atoms with Gasteiger partial charge >= 0.3 is 13.1 Å². The average molecular weight is 377 g/mol. The van der Waals surface area contributed by atoms with Crippen molar-refractivity contribution in [1.82, 2.24) is 15.1 Å². The van der Waals surface area contributed by atoms with Crippen LogP contribution in [0.15, 0.2) is 0 Å². The van der Waals surface area contributed by atoms with Crippen LogP contribution in [0.1, 0.15) is 66.2 Å². The maximum atomic E-state index is 12.9. The molecule has 4 saturated heterocycles. The molecule has 152 valence electrons. The minimum absolute atomic E-state index is 0.103. The molecule has 3 atom stereocenters. The Labute approximate surface area is 164 Å². The van der Waals surface area contributed by atoms with Crippen LogP contribution in [0, 0.1) is 0 Å². The quantitative estimate of drug-likeness (QED) is 0.752. The van der Waals surface area contributed by atoms with Crippen LogP contribution < -0.4 is 5.32 Å². The van der Waals surface area contributed by atoms with Gasteiger partial charge in [-0.1, -0.05) is 6.42 Å². The summed E-state index contributed by atoms with van der Waals surface area (Å²) in [4.78, 5) is 17.5. The van der Waals surface area contributed by atoms with Crippen LogP contribution in [0.4, 0.5) is 4.79 Å². The van der Waals surface area contributed by atoms with E-state index in [1.165, 1.54) is 38.8 Å². The molecule has 6 nitrogen and oxygen atoms in total. The number of urea groups is 1. The Morgan fingerprint density at radius 3 is 2.41 bits per heavy atom. The van der Waals surface area contributed by atoms with Gasteiger partial charge in [-0.2, -0.15) is 0 Å². The molecular formula is C20H36BN3O3. The number of piperidine rings is 2. The van der Waals surface area contributed by atoms with E-state index in [1.54, 1.807) is 0 Å². The molecule has 0 aliphatic carbocycles. The molecule has 0 saturated carbocycles.